The van der Waals surface area contributed by atoms with Gasteiger partial charge in [0.2, 0.25) is 0 Å². The summed E-state index contributed by atoms with van der Waals surface area (Å²) in [7, 11) is 0. The van der Waals surface area contributed by atoms with Crippen molar-refractivity contribution in [2.75, 3.05) is 31.2 Å². The van der Waals surface area contributed by atoms with E-state index < -0.39 is 0 Å². The van der Waals surface area contributed by atoms with E-state index in [1.165, 1.54) is 0 Å². The monoisotopic (exact) mass is 255 g/mol. The van der Waals surface area contributed by atoms with E-state index in [-0.39, 0.29) is 18.2 Å². The normalized spacial score (nSPS) is 10.3. The topological polar surface area (TPSA) is 82.6 Å². The van der Waals surface area contributed by atoms with Gasteiger partial charge in [-0.1, -0.05) is 12.2 Å². The van der Waals surface area contributed by atoms with Crippen LogP contribution < -0.4 is 10.6 Å². The Labute approximate surface area is 106 Å². The number of nitrogens with zero attached hydrogens (tertiary/aromatic N) is 2. The van der Waals surface area contributed by atoms with Gasteiger partial charge in [0.1, 0.15) is 10.8 Å². The quantitative estimate of drug-likeness (QED) is 0.612. The number of hydrogen-bond donors (Lipinski definition) is 3. The molecule has 0 aromatic carbocycles. The van der Waals surface area contributed by atoms with Gasteiger partial charge in [-0.15, -0.1) is 0 Å². The maximum Gasteiger partial charge on any atom is 0.139 e. The van der Waals surface area contributed by atoms with E-state index in [1.54, 1.807) is 11.1 Å². The summed E-state index contributed by atoms with van der Waals surface area (Å²) in [5, 5.41) is 18.0. The number of anilines is 1. The number of thiocarbonyl (C=S) groups is 1. The Morgan fingerprint density at radius 2 is 2.00 bits per heavy atom. The molecule has 5 nitrogen and oxygen atoms in total. The van der Waals surface area contributed by atoms with Crippen molar-refractivity contribution in [3.8, 4) is 0 Å². The molecule has 0 atom stereocenters. The Morgan fingerprint density at radius 3 is 2.47 bits per heavy atom. The molecule has 0 radical (unpaired) electrons. The number of hydrogen-bond acceptors (Lipinski definition) is 5. The predicted molar refractivity (Wildman–Crippen MR) is 71.2 cm³/mol. The van der Waals surface area contributed by atoms with Crippen LogP contribution in [0.25, 0.3) is 0 Å². The van der Waals surface area contributed by atoms with Crippen LogP contribution in [0, 0.1) is 6.92 Å². The average Bonchev–Trinajstić information content (AvgIpc) is 2.28. The standard InChI is InChI=1S/C11H17N3O2S/c1-8-2-3-13-11(9(8)10(12)17)14(4-6-15)5-7-16/h2-3,15-16H,4-7H2,1H3,(H2,12,17). The Balaban J connectivity index is 3.17. The molecule has 1 aromatic rings. The molecule has 6 heteroatoms. The number of rotatable bonds is 6. The summed E-state index contributed by atoms with van der Waals surface area (Å²) < 4.78 is 0. The number of nitrogens with two attached hydrogens (primary N) is 1. The number of pyridine rings is 1. The van der Waals surface area contributed by atoms with Crippen LogP contribution in [0.3, 0.4) is 0 Å². The molecule has 0 spiro atoms. The van der Waals surface area contributed by atoms with Gasteiger partial charge < -0.3 is 20.8 Å². The van der Waals surface area contributed by atoms with Gasteiger partial charge >= 0.3 is 0 Å². The highest BCUT2D eigenvalue weighted by atomic mass is 32.1. The SMILES string of the molecule is Cc1ccnc(N(CCO)CCO)c1C(N)=S. The lowest BCUT2D eigenvalue weighted by atomic mass is 10.1. The smallest absolute Gasteiger partial charge is 0.139 e. The van der Waals surface area contributed by atoms with Gasteiger partial charge in [0.15, 0.2) is 0 Å². The zero-order valence-electron chi connectivity index (χ0n) is 9.76. The molecule has 0 saturated heterocycles. The lowest BCUT2D eigenvalue weighted by Crippen LogP contribution is -2.32. The van der Waals surface area contributed by atoms with Gasteiger partial charge in [-0.3, -0.25) is 0 Å². The van der Waals surface area contributed by atoms with Crippen molar-refractivity contribution in [3.05, 3.63) is 23.4 Å². The maximum absolute atomic E-state index is 9.01. The molecule has 1 heterocycles. The summed E-state index contributed by atoms with van der Waals surface area (Å²) in [5.41, 5.74) is 7.32. The van der Waals surface area contributed by atoms with Crippen molar-refractivity contribution in [1.29, 1.82) is 0 Å². The van der Waals surface area contributed by atoms with E-state index >= 15 is 0 Å². The van der Waals surface area contributed by atoms with Gasteiger partial charge in [0.05, 0.1) is 18.8 Å². The first-order valence-electron chi connectivity index (χ1n) is 5.34. The average molecular weight is 255 g/mol. The van der Waals surface area contributed by atoms with Crippen LogP contribution >= 0.6 is 12.2 Å². The molecule has 4 N–H and O–H groups in total. The summed E-state index contributed by atoms with van der Waals surface area (Å²) in [4.78, 5) is 6.27. The number of aliphatic hydroxyl groups excluding tert-OH is 2. The van der Waals surface area contributed by atoms with Crippen LogP contribution in [0.4, 0.5) is 5.82 Å². The van der Waals surface area contributed by atoms with Gasteiger partial charge in [0.25, 0.3) is 0 Å². The third-order valence-electron chi connectivity index (χ3n) is 2.43. The van der Waals surface area contributed by atoms with Gasteiger partial charge in [0, 0.05) is 19.3 Å². The Hall–Kier alpha value is -1.24. The molecule has 0 aliphatic rings. The van der Waals surface area contributed by atoms with Gasteiger partial charge in [-0.25, -0.2) is 4.98 Å². The van der Waals surface area contributed by atoms with Crippen LogP contribution in [0.2, 0.25) is 0 Å². The molecule has 94 valence electrons. The van der Waals surface area contributed by atoms with Crippen LogP contribution in [0.15, 0.2) is 12.3 Å². The predicted octanol–water partition coefficient (Wildman–Crippen LogP) is -0.185. The van der Waals surface area contributed by atoms with Crippen LogP contribution in [-0.4, -0.2) is 46.5 Å². The molecule has 0 bridgehead atoms. The minimum Gasteiger partial charge on any atom is -0.395 e. The van der Waals surface area contributed by atoms with Crippen molar-refractivity contribution >= 4 is 23.0 Å². The Morgan fingerprint density at radius 1 is 1.41 bits per heavy atom. The largest absolute Gasteiger partial charge is 0.395 e. The lowest BCUT2D eigenvalue weighted by Gasteiger charge is -2.24. The van der Waals surface area contributed by atoms with E-state index in [2.05, 4.69) is 4.98 Å². The second-order valence-electron chi connectivity index (χ2n) is 3.62. The first-order valence-corrected chi connectivity index (χ1v) is 5.74. The molecule has 1 aromatic heterocycles. The summed E-state index contributed by atoms with van der Waals surface area (Å²) in [6, 6.07) is 1.83. The van der Waals surface area contributed by atoms with Gasteiger partial charge in [-0.2, -0.15) is 0 Å². The summed E-state index contributed by atoms with van der Waals surface area (Å²) >= 11 is 5.01. The van der Waals surface area contributed by atoms with Crippen molar-refractivity contribution < 1.29 is 10.2 Å². The molecule has 0 saturated carbocycles. The van der Waals surface area contributed by atoms with E-state index in [0.29, 0.717) is 24.5 Å². The van der Waals surface area contributed by atoms with Crippen molar-refractivity contribution in [2.24, 2.45) is 5.73 Å². The molecular formula is C11H17N3O2S. The zero-order chi connectivity index (χ0) is 12.8. The molecule has 0 unspecified atom stereocenters. The van der Waals surface area contributed by atoms with E-state index in [0.717, 1.165) is 5.56 Å². The minimum atomic E-state index is -0.0214. The van der Waals surface area contributed by atoms with E-state index in [4.69, 9.17) is 28.2 Å². The number of aromatic nitrogens is 1. The highest BCUT2D eigenvalue weighted by molar-refractivity contribution is 7.80. The number of aliphatic hydroxyl groups is 2. The molecule has 17 heavy (non-hydrogen) atoms. The highest BCUT2D eigenvalue weighted by Gasteiger charge is 2.15. The molecule has 0 aliphatic heterocycles. The molecule has 0 aliphatic carbocycles. The molecule has 0 amide bonds. The highest BCUT2D eigenvalue weighted by Crippen LogP contribution is 2.20. The first-order chi connectivity index (χ1) is 8.11. The minimum absolute atomic E-state index is 0.0214. The van der Waals surface area contributed by atoms with Gasteiger partial charge in [-0.05, 0) is 18.6 Å². The maximum atomic E-state index is 9.01. The van der Waals surface area contributed by atoms with Crippen molar-refractivity contribution in [2.45, 2.75) is 6.92 Å². The van der Waals surface area contributed by atoms with Crippen LogP contribution in [-0.2, 0) is 0 Å². The summed E-state index contributed by atoms with van der Waals surface area (Å²) in [6.45, 7) is 2.62. The molecule has 0 fully saturated rings. The van der Waals surface area contributed by atoms with Crippen molar-refractivity contribution in [1.82, 2.24) is 4.98 Å². The third-order valence-corrected chi connectivity index (χ3v) is 2.63. The lowest BCUT2D eigenvalue weighted by molar-refractivity contribution is 0.280. The second-order valence-corrected chi connectivity index (χ2v) is 4.06. The molecule has 1 rings (SSSR count). The summed E-state index contributed by atoms with van der Waals surface area (Å²) in [6.07, 6.45) is 1.66. The molecular weight excluding hydrogens is 238 g/mol. The fourth-order valence-corrected chi connectivity index (χ4v) is 1.91. The summed E-state index contributed by atoms with van der Waals surface area (Å²) in [5.74, 6) is 0.612. The Bertz CT molecular complexity index is 392. The van der Waals surface area contributed by atoms with E-state index in [1.807, 2.05) is 13.0 Å². The fourth-order valence-electron chi connectivity index (χ4n) is 1.65. The van der Waals surface area contributed by atoms with Crippen LogP contribution in [0.1, 0.15) is 11.1 Å². The first kappa shape index (κ1) is 13.8. The van der Waals surface area contributed by atoms with Crippen molar-refractivity contribution in [3.63, 3.8) is 0 Å². The third kappa shape index (κ3) is 3.36. The number of aryl methyl sites for hydroxylation is 1. The zero-order valence-corrected chi connectivity index (χ0v) is 10.6. The fraction of sp³-hybridized carbons (Fsp3) is 0.455. The second kappa shape index (κ2) is 6.48. The Kier molecular flexibility index (Phi) is 5.27. The van der Waals surface area contributed by atoms with Crippen LogP contribution in [0.5, 0.6) is 0 Å². The van der Waals surface area contributed by atoms with E-state index in [9.17, 15) is 0 Å².